The van der Waals surface area contributed by atoms with Gasteiger partial charge in [-0.1, -0.05) is 32.8 Å². The molecule has 8 nitrogen and oxygen atoms in total. The number of hydrogen-bond donors (Lipinski definition) is 0. The molecule has 0 amide bonds. The van der Waals surface area contributed by atoms with E-state index in [4.69, 9.17) is 28.4 Å². The minimum absolute atomic E-state index is 0.158. The van der Waals surface area contributed by atoms with Crippen molar-refractivity contribution in [3.8, 4) is 0 Å². The molecule has 0 unspecified atom stereocenters. The summed E-state index contributed by atoms with van der Waals surface area (Å²) in [5.74, 6) is -0.616. The zero-order valence-electron chi connectivity index (χ0n) is 17.2. The lowest BCUT2D eigenvalue weighted by atomic mass is 10.2. The van der Waals surface area contributed by atoms with Gasteiger partial charge in [0.1, 0.15) is 13.2 Å². The number of hydrogen-bond acceptors (Lipinski definition) is 8. The first kappa shape index (κ1) is 26.5. The monoisotopic (exact) mass is 404 g/mol. The first-order valence-corrected chi connectivity index (χ1v) is 9.96. The highest BCUT2D eigenvalue weighted by Crippen LogP contribution is 2.03. The molecule has 0 fully saturated rings. The summed E-state index contributed by atoms with van der Waals surface area (Å²) in [5.41, 5.74) is 0. The van der Waals surface area contributed by atoms with Crippen molar-refractivity contribution >= 4 is 11.9 Å². The second-order valence-electron chi connectivity index (χ2n) is 5.85. The first-order chi connectivity index (χ1) is 13.7. The van der Waals surface area contributed by atoms with E-state index < -0.39 is 5.97 Å². The summed E-state index contributed by atoms with van der Waals surface area (Å²) in [6.45, 7) is 9.31. The summed E-state index contributed by atoms with van der Waals surface area (Å²) >= 11 is 0. The molecule has 0 aliphatic heterocycles. The summed E-state index contributed by atoms with van der Waals surface area (Å²) in [5, 5.41) is 0. The third-order valence-corrected chi connectivity index (χ3v) is 3.48. The van der Waals surface area contributed by atoms with Crippen molar-refractivity contribution in [2.75, 3.05) is 66.1 Å². The smallest absolute Gasteiger partial charge is 0.330 e. The summed E-state index contributed by atoms with van der Waals surface area (Å²) < 4.78 is 31.1. The van der Waals surface area contributed by atoms with Crippen LogP contribution < -0.4 is 0 Å². The summed E-state index contributed by atoms with van der Waals surface area (Å²) in [4.78, 5) is 22.2. The van der Waals surface area contributed by atoms with Gasteiger partial charge in [-0.15, -0.1) is 0 Å². The Labute approximate surface area is 168 Å². The molecule has 8 heteroatoms. The lowest BCUT2D eigenvalue weighted by Crippen LogP contribution is -2.15. The van der Waals surface area contributed by atoms with Crippen molar-refractivity contribution < 1.29 is 38.0 Å². The Balaban J connectivity index is 3.13. The Kier molecular flexibility index (Phi) is 20.7. The Morgan fingerprint density at radius 3 is 1.61 bits per heavy atom. The molecule has 164 valence electrons. The summed E-state index contributed by atoms with van der Waals surface area (Å²) in [6, 6.07) is 0. The second-order valence-corrected chi connectivity index (χ2v) is 5.85. The average Bonchev–Trinajstić information content (AvgIpc) is 2.70. The minimum Gasteiger partial charge on any atom is -0.463 e. The zero-order chi connectivity index (χ0) is 20.7. The van der Waals surface area contributed by atoms with E-state index in [9.17, 15) is 9.59 Å². The van der Waals surface area contributed by atoms with Crippen molar-refractivity contribution in [1.29, 1.82) is 0 Å². The highest BCUT2D eigenvalue weighted by Gasteiger charge is 2.02. The van der Waals surface area contributed by atoms with Gasteiger partial charge >= 0.3 is 11.9 Å². The summed E-state index contributed by atoms with van der Waals surface area (Å²) in [7, 11) is 0. The molecule has 0 aromatic heterocycles. The summed E-state index contributed by atoms with van der Waals surface area (Å²) in [6.07, 6.45) is 5.87. The number of carbonyl (C=O) groups excluding carboxylic acids is 2. The van der Waals surface area contributed by atoms with Crippen LogP contribution in [-0.2, 0) is 38.0 Å². The van der Waals surface area contributed by atoms with Crippen LogP contribution in [0.5, 0.6) is 0 Å². The molecule has 0 saturated heterocycles. The van der Waals surface area contributed by atoms with Gasteiger partial charge < -0.3 is 28.4 Å². The Hall–Kier alpha value is -1.48. The van der Waals surface area contributed by atoms with Crippen LogP contribution >= 0.6 is 0 Å². The van der Waals surface area contributed by atoms with E-state index in [1.807, 2.05) is 0 Å². The fourth-order valence-corrected chi connectivity index (χ4v) is 2.00. The van der Waals surface area contributed by atoms with Crippen LogP contribution in [0.25, 0.3) is 0 Å². The standard InChI is InChI=1S/C20H36O8/c1-3-5-6-7-8-20(22)28-18-16-26-14-12-24-10-9-23-11-13-25-15-17-27-19(21)4-2/h4H,2-3,5-18H2,1H3. The van der Waals surface area contributed by atoms with Gasteiger partial charge in [0.05, 0.1) is 52.9 Å². The fraction of sp³-hybridized carbons (Fsp3) is 0.800. The number of esters is 2. The molecule has 0 bridgehead atoms. The van der Waals surface area contributed by atoms with E-state index in [2.05, 4.69) is 13.5 Å². The molecule has 0 heterocycles. The van der Waals surface area contributed by atoms with Crippen LogP contribution in [0.4, 0.5) is 0 Å². The highest BCUT2D eigenvalue weighted by atomic mass is 16.6. The molecule has 0 aromatic carbocycles. The van der Waals surface area contributed by atoms with E-state index in [-0.39, 0.29) is 19.2 Å². The SMILES string of the molecule is C=CC(=O)OCCOCCOCCOCCOCCOC(=O)CCCCCC. The molecule has 0 saturated carbocycles. The van der Waals surface area contributed by atoms with Crippen LogP contribution in [-0.4, -0.2) is 78.0 Å². The van der Waals surface area contributed by atoms with Gasteiger partial charge in [0.2, 0.25) is 0 Å². The first-order valence-electron chi connectivity index (χ1n) is 9.96. The van der Waals surface area contributed by atoms with Gasteiger partial charge in [0, 0.05) is 12.5 Å². The number of ether oxygens (including phenoxy) is 6. The second kappa shape index (κ2) is 21.8. The Bertz CT molecular complexity index is 386. The topological polar surface area (TPSA) is 89.5 Å². The molecule has 0 aliphatic rings. The van der Waals surface area contributed by atoms with Crippen LogP contribution in [0.1, 0.15) is 39.0 Å². The van der Waals surface area contributed by atoms with Crippen molar-refractivity contribution in [2.45, 2.75) is 39.0 Å². The Morgan fingerprint density at radius 1 is 0.679 bits per heavy atom. The van der Waals surface area contributed by atoms with E-state index in [0.29, 0.717) is 59.3 Å². The van der Waals surface area contributed by atoms with Crippen LogP contribution in [0.3, 0.4) is 0 Å². The molecule has 28 heavy (non-hydrogen) atoms. The third kappa shape index (κ3) is 20.8. The van der Waals surface area contributed by atoms with Gasteiger partial charge in [0.15, 0.2) is 0 Å². The lowest BCUT2D eigenvalue weighted by Gasteiger charge is -2.08. The molecule has 0 aromatic rings. The molecule has 0 spiro atoms. The average molecular weight is 405 g/mol. The largest absolute Gasteiger partial charge is 0.463 e. The van der Waals surface area contributed by atoms with E-state index in [1.54, 1.807) is 0 Å². The molecule has 0 N–H and O–H groups in total. The minimum atomic E-state index is -0.459. The van der Waals surface area contributed by atoms with Crippen LogP contribution in [0.15, 0.2) is 12.7 Å². The maximum Gasteiger partial charge on any atom is 0.330 e. The fourth-order valence-electron chi connectivity index (χ4n) is 2.00. The molecule has 0 aliphatic carbocycles. The van der Waals surface area contributed by atoms with Crippen molar-refractivity contribution in [1.82, 2.24) is 0 Å². The van der Waals surface area contributed by atoms with E-state index >= 15 is 0 Å². The number of rotatable bonds is 21. The quantitative estimate of drug-likeness (QED) is 0.164. The van der Waals surface area contributed by atoms with E-state index in [0.717, 1.165) is 31.8 Å². The van der Waals surface area contributed by atoms with E-state index in [1.165, 1.54) is 0 Å². The van der Waals surface area contributed by atoms with Crippen LogP contribution in [0.2, 0.25) is 0 Å². The zero-order valence-corrected chi connectivity index (χ0v) is 17.2. The number of unbranched alkanes of at least 4 members (excludes halogenated alkanes) is 3. The molecular formula is C20H36O8. The molecule has 0 atom stereocenters. The maximum atomic E-state index is 11.4. The van der Waals surface area contributed by atoms with Gasteiger partial charge in [-0.25, -0.2) is 4.79 Å². The molecule has 0 rings (SSSR count). The van der Waals surface area contributed by atoms with Crippen molar-refractivity contribution in [2.24, 2.45) is 0 Å². The van der Waals surface area contributed by atoms with Gasteiger partial charge in [-0.2, -0.15) is 0 Å². The third-order valence-electron chi connectivity index (χ3n) is 3.48. The normalized spacial score (nSPS) is 10.6. The van der Waals surface area contributed by atoms with Gasteiger partial charge in [-0.3, -0.25) is 4.79 Å². The Morgan fingerprint density at radius 2 is 1.14 bits per heavy atom. The molecule has 0 radical (unpaired) electrons. The van der Waals surface area contributed by atoms with Crippen molar-refractivity contribution in [3.05, 3.63) is 12.7 Å². The predicted octanol–water partition coefficient (Wildman–Crippen LogP) is 2.30. The van der Waals surface area contributed by atoms with Crippen LogP contribution in [0, 0.1) is 0 Å². The van der Waals surface area contributed by atoms with Gasteiger partial charge in [0.25, 0.3) is 0 Å². The van der Waals surface area contributed by atoms with Gasteiger partial charge in [-0.05, 0) is 6.42 Å². The highest BCUT2D eigenvalue weighted by molar-refractivity contribution is 5.81. The number of carbonyl (C=O) groups is 2. The lowest BCUT2D eigenvalue weighted by molar-refractivity contribution is -0.145. The predicted molar refractivity (Wildman–Crippen MR) is 104 cm³/mol. The molecular weight excluding hydrogens is 368 g/mol. The maximum absolute atomic E-state index is 11.4. The van der Waals surface area contributed by atoms with Crippen molar-refractivity contribution in [3.63, 3.8) is 0 Å².